The van der Waals surface area contributed by atoms with Crippen LogP contribution in [0.3, 0.4) is 0 Å². The summed E-state index contributed by atoms with van der Waals surface area (Å²) in [5, 5.41) is 0. The molecular formula is C81H78F24. The molecule has 0 aliphatic heterocycles. The van der Waals surface area contributed by atoms with E-state index in [0.717, 1.165) is 78.8 Å². The van der Waals surface area contributed by atoms with Gasteiger partial charge in [-0.3, -0.25) is 0 Å². The Morgan fingerprint density at radius 2 is 0.467 bits per heavy atom. The van der Waals surface area contributed by atoms with E-state index < -0.39 is 127 Å². The van der Waals surface area contributed by atoms with Crippen LogP contribution in [0.25, 0.3) is 0 Å². The van der Waals surface area contributed by atoms with Gasteiger partial charge in [-0.15, -0.1) is 0 Å². The molecule has 0 saturated carbocycles. The summed E-state index contributed by atoms with van der Waals surface area (Å²) < 4.78 is 300. The lowest BCUT2D eigenvalue weighted by atomic mass is 10.1. The molecule has 0 amide bonds. The fourth-order valence-corrected chi connectivity index (χ4v) is 8.32. The topological polar surface area (TPSA) is 0 Å². The Labute approximate surface area is 596 Å². The van der Waals surface area contributed by atoms with Gasteiger partial charge < -0.3 is 0 Å². The maximum Gasteiger partial charge on any atom is 0.416 e. The highest BCUT2D eigenvalue weighted by Crippen LogP contribution is 2.32. The molecule has 0 spiro atoms. The normalized spacial score (nSPS) is 10.3. The van der Waals surface area contributed by atoms with E-state index in [9.17, 15) is 105 Å². The molecule has 0 saturated heterocycles. The van der Waals surface area contributed by atoms with Crippen LogP contribution in [0.15, 0.2) is 109 Å². The Bertz CT molecular complexity index is 3850. The number of hydrogen-bond donors (Lipinski definition) is 0. The van der Waals surface area contributed by atoms with Gasteiger partial charge in [0.25, 0.3) is 0 Å². The van der Waals surface area contributed by atoms with Crippen molar-refractivity contribution in [2.45, 2.75) is 145 Å². The van der Waals surface area contributed by atoms with Crippen LogP contribution < -0.4 is 0 Å². The summed E-state index contributed by atoms with van der Waals surface area (Å²) in [6, 6.07) is 26.6. The van der Waals surface area contributed by atoms with Gasteiger partial charge in [-0.1, -0.05) is 53.6 Å². The maximum absolute atomic E-state index is 12.8. The van der Waals surface area contributed by atoms with Crippen LogP contribution in [-0.4, -0.2) is 0 Å². The van der Waals surface area contributed by atoms with Crippen molar-refractivity contribution >= 4 is 0 Å². The van der Waals surface area contributed by atoms with Crippen LogP contribution in [-0.2, 0) is 6.18 Å². The molecule has 570 valence electrons. The minimum Gasteiger partial charge on any atom is -0.207 e. The van der Waals surface area contributed by atoms with E-state index in [1.807, 2.05) is 45.9 Å². The largest absolute Gasteiger partial charge is 0.416 e. The lowest BCUT2D eigenvalue weighted by Crippen LogP contribution is -2.07. The first kappa shape index (κ1) is 93.5. The summed E-state index contributed by atoms with van der Waals surface area (Å²) in [6.45, 7) is 30.6. The third-order valence-corrected chi connectivity index (χ3v) is 15.3. The van der Waals surface area contributed by atoms with Crippen molar-refractivity contribution in [2.75, 3.05) is 0 Å². The van der Waals surface area contributed by atoms with Crippen molar-refractivity contribution in [3.8, 4) is 0 Å². The first-order valence-electron chi connectivity index (χ1n) is 31.2. The highest BCUT2D eigenvalue weighted by Gasteiger charge is 2.32. The van der Waals surface area contributed by atoms with Crippen LogP contribution in [0.5, 0.6) is 0 Å². The second kappa shape index (κ2) is 41.9. The number of aryl methyl sites for hydroxylation is 13. The van der Waals surface area contributed by atoms with Gasteiger partial charge >= 0.3 is 6.18 Å². The van der Waals surface area contributed by atoms with E-state index in [1.54, 1.807) is 66.7 Å². The lowest BCUT2D eigenvalue weighted by Gasteiger charge is -2.10. The number of hydrogen-bond acceptors (Lipinski definition) is 0. The van der Waals surface area contributed by atoms with Gasteiger partial charge in [0.2, 0.25) is 0 Å². The van der Waals surface area contributed by atoms with Gasteiger partial charge in [0, 0.05) is 28.3 Å². The van der Waals surface area contributed by atoms with Crippen molar-refractivity contribution < 1.29 is 105 Å². The molecule has 0 aromatic heterocycles. The van der Waals surface area contributed by atoms with Crippen LogP contribution in [0.1, 0.15) is 117 Å². The quantitative estimate of drug-likeness (QED) is 0.0806. The SMILES string of the molecule is Cc1c(C)c(F)c(F)c(F)c1F.Cc1c(F)c(C)c(F)c(F)c1F.Cc1c(F)c(F)c(C)c(F)c1F.Cc1cc(C)cc(F)c1.Cc1cc(F)c(C)cc1F.Cc1cc(F)c(F)cc1C.Cc1cc(F)cc(F)c1C.Cc1ccc(C)c(C(F)(F)F)c1.Cc1ccc(C)c(F)c1.Cc1ccc(F)c(C)c1. The molecular weight excluding hydrogens is 1430 g/mol. The molecule has 0 radical (unpaired) electrons. The predicted octanol–water partition coefficient (Wildman–Crippen LogP) is 27.0. The molecule has 10 aromatic carbocycles. The third kappa shape index (κ3) is 28.8. The minimum absolute atomic E-state index is 0.116. The van der Waals surface area contributed by atoms with Crippen LogP contribution in [0.4, 0.5) is 105 Å². The zero-order valence-corrected chi connectivity index (χ0v) is 61.0. The molecule has 105 heavy (non-hydrogen) atoms. The fraction of sp³-hybridized carbons (Fsp3) is 0.259. The Morgan fingerprint density at radius 1 is 0.171 bits per heavy atom. The maximum atomic E-state index is 12.8. The molecule has 0 atom stereocenters. The average Bonchev–Trinajstić information content (AvgIpc) is 0.821. The third-order valence-electron chi connectivity index (χ3n) is 15.3. The fourth-order valence-electron chi connectivity index (χ4n) is 8.32. The van der Waals surface area contributed by atoms with Gasteiger partial charge in [0.1, 0.15) is 46.5 Å². The molecule has 0 aliphatic rings. The first-order chi connectivity index (χ1) is 48.2. The Kier molecular flexibility index (Phi) is 37.3. The van der Waals surface area contributed by atoms with Crippen molar-refractivity contribution in [1.82, 2.24) is 0 Å². The zero-order chi connectivity index (χ0) is 81.5. The van der Waals surface area contributed by atoms with Crippen LogP contribution >= 0.6 is 0 Å². The summed E-state index contributed by atoms with van der Waals surface area (Å²) in [4.78, 5) is 0. The molecule has 10 aromatic rings. The summed E-state index contributed by atoms with van der Waals surface area (Å²) in [5.74, 6) is -20.7. The smallest absolute Gasteiger partial charge is 0.207 e. The van der Waals surface area contributed by atoms with E-state index in [2.05, 4.69) is 0 Å². The second-order valence-corrected chi connectivity index (χ2v) is 24.2. The molecule has 0 aliphatic carbocycles. The standard InChI is InChI=1S/C9H9F3.3C8H6F4.3C8H8F2.3C8H9F/c1-6-3-4-7(2)8(5-6)9(10,11)12;1-3-5(9)7(11)4(2)8(12)6(3)10;1-3-5(9)4(2)7(11)8(12)6(3)10;1-3-4(2)6(10)8(12)7(11)5(3)9;1-5-3-7(9)4-8(10)6(5)2;1-5-3-8(10)6(2)4-7(5)9;1-5-3-7(9)8(10)4-6(5)2;1-6-3-7(2)5-8(9)4-6;1-6-3-4-8(9)7(2)5-6;1-6-3-4-7(2)8(9)5-6/h3-5H,1-2H3;3*1-2H3;3*3-4H,1-2H3;3*3-5H,1-2H3. The van der Waals surface area contributed by atoms with Crippen LogP contribution in [0, 0.1) is 261 Å². The van der Waals surface area contributed by atoms with Gasteiger partial charge in [0.05, 0.1) is 5.56 Å². The van der Waals surface area contributed by atoms with Gasteiger partial charge in [0.15, 0.2) is 75.6 Å². The molecule has 0 heterocycles. The molecule has 0 N–H and O–H groups in total. The van der Waals surface area contributed by atoms with E-state index >= 15 is 0 Å². The highest BCUT2D eigenvalue weighted by atomic mass is 19.4. The van der Waals surface area contributed by atoms with Gasteiger partial charge in [-0.05, 0) is 277 Å². The number of alkyl halides is 3. The minimum atomic E-state index is -4.23. The van der Waals surface area contributed by atoms with Crippen LogP contribution in [0.2, 0.25) is 0 Å². The van der Waals surface area contributed by atoms with Crippen molar-refractivity contribution in [3.63, 3.8) is 0 Å². The van der Waals surface area contributed by atoms with Gasteiger partial charge in [-0.2, -0.15) is 13.2 Å². The van der Waals surface area contributed by atoms with E-state index in [1.165, 1.54) is 95.3 Å². The monoisotopic (exact) mass is 1510 g/mol. The molecule has 24 heteroatoms. The summed E-state index contributed by atoms with van der Waals surface area (Å²) in [5.41, 5.74) is 6.59. The predicted molar refractivity (Wildman–Crippen MR) is 363 cm³/mol. The number of benzene rings is 10. The number of halogens is 24. The van der Waals surface area contributed by atoms with Crippen molar-refractivity contribution in [1.29, 1.82) is 0 Å². The number of rotatable bonds is 0. The van der Waals surface area contributed by atoms with E-state index in [0.29, 0.717) is 33.4 Å². The van der Waals surface area contributed by atoms with E-state index in [4.69, 9.17) is 0 Å². The van der Waals surface area contributed by atoms with Gasteiger partial charge in [-0.25, -0.2) is 92.2 Å². The summed E-state index contributed by atoms with van der Waals surface area (Å²) in [7, 11) is 0. The Hall–Kier alpha value is -9.48. The Morgan fingerprint density at radius 3 is 0.800 bits per heavy atom. The summed E-state index contributed by atoms with van der Waals surface area (Å²) in [6.07, 6.45) is -4.23. The highest BCUT2D eigenvalue weighted by molar-refractivity contribution is 5.35. The molecule has 0 nitrogen and oxygen atoms in total. The first-order valence-corrected chi connectivity index (χ1v) is 31.2. The molecule has 0 fully saturated rings. The zero-order valence-electron chi connectivity index (χ0n) is 61.0. The summed E-state index contributed by atoms with van der Waals surface area (Å²) >= 11 is 0. The molecule has 0 bridgehead atoms. The van der Waals surface area contributed by atoms with E-state index in [-0.39, 0.29) is 45.8 Å². The second-order valence-electron chi connectivity index (χ2n) is 24.2. The average molecular weight is 1510 g/mol. The lowest BCUT2D eigenvalue weighted by molar-refractivity contribution is -0.138. The Balaban J connectivity index is 0.000000584. The molecule has 10 rings (SSSR count). The van der Waals surface area contributed by atoms with Crippen molar-refractivity contribution in [2.24, 2.45) is 0 Å². The van der Waals surface area contributed by atoms with Crippen molar-refractivity contribution in [3.05, 3.63) is 348 Å². The molecule has 0 unspecified atom stereocenters.